The Balaban J connectivity index is 1.53. The molecule has 0 bridgehead atoms. The van der Waals surface area contributed by atoms with Gasteiger partial charge in [0.2, 0.25) is 5.91 Å². The Morgan fingerprint density at radius 2 is 1.61 bits per heavy atom. The van der Waals surface area contributed by atoms with E-state index in [0.29, 0.717) is 30.3 Å². The van der Waals surface area contributed by atoms with E-state index in [9.17, 15) is 9.59 Å². The Labute approximate surface area is 195 Å². The highest BCUT2D eigenvalue weighted by Crippen LogP contribution is 2.28. The van der Waals surface area contributed by atoms with E-state index in [1.165, 1.54) is 0 Å². The topological polar surface area (TPSA) is 83.1 Å². The molecule has 3 amide bonds. The van der Waals surface area contributed by atoms with Crippen molar-refractivity contribution in [3.05, 3.63) is 54.1 Å². The molecule has 0 aliphatic carbocycles. The fraction of sp³-hybridized carbons (Fsp3) is 0.440. The van der Waals surface area contributed by atoms with Gasteiger partial charge < -0.3 is 25.0 Å². The van der Waals surface area contributed by atoms with Crippen molar-refractivity contribution in [3.8, 4) is 11.5 Å². The highest BCUT2D eigenvalue weighted by molar-refractivity contribution is 5.93. The lowest BCUT2D eigenvalue weighted by Gasteiger charge is -2.37. The Morgan fingerprint density at radius 1 is 0.939 bits per heavy atom. The van der Waals surface area contributed by atoms with Crippen LogP contribution in [0.5, 0.6) is 11.5 Å². The van der Waals surface area contributed by atoms with Crippen LogP contribution in [0.25, 0.3) is 0 Å². The Kier molecular flexibility index (Phi) is 8.54. The quantitative estimate of drug-likeness (QED) is 0.640. The molecule has 2 aromatic carbocycles. The van der Waals surface area contributed by atoms with E-state index in [1.54, 1.807) is 14.2 Å². The van der Waals surface area contributed by atoms with Crippen LogP contribution in [0.3, 0.4) is 0 Å². The van der Waals surface area contributed by atoms with Crippen molar-refractivity contribution < 1.29 is 19.1 Å². The number of nitrogens with one attached hydrogen (secondary N) is 2. The fourth-order valence-electron chi connectivity index (χ4n) is 3.90. The molecule has 2 N–H and O–H groups in total. The molecule has 8 heteroatoms. The van der Waals surface area contributed by atoms with Gasteiger partial charge in [-0.1, -0.05) is 38.1 Å². The molecule has 0 saturated carbocycles. The van der Waals surface area contributed by atoms with Crippen molar-refractivity contribution in [2.45, 2.75) is 26.4 Å². The standard InChI is InChI=1S/C25H34N4O4/c1-18(2)23(27-25(31)26-20-8-6-5-7-9-20)24(30)29-14-12-28(13-15-29)17-19-10-11-21(32-3)22(16-19)33-4/h5-11,16,18,23H,12-15,17H2,1-4H3,(H2,26,27,31). The molecule has 178 valence electrons. The largest absolute Gasteiger partial charge is 0.493 e. The lowest BCUT2D eigenvalue weighted by atomic mass is 10.0. The zero-order chi connectivity index (χ0) is 23.8. The second-order valence-corrected chi connectivity index (χ2v) is 8.48. The van der Waals surface area contributed by atoms with Gasteiger partial charge in [-0.15, -0.1) is 0 Å². The van der Waals surface area contributed by atoms with Gasteiger partial charge in [0.05, 0.1) is 14.2 Å². The molecular weight excluding hydrogens is 420 g/mol. The molecule has 0 spiro atoms. The lowest BCUT2D eigenvalue weighted by Crippen LogP contribution is -2.56. The van der Waals surface area contributed by atoms with Gasteiger partial charge in [-0.05, 0) is 35.7 Å². The third kappa shape index (κ3) is 6.61. The van der Waals surface area contributed by atoms with Crippen molar-refractivity contribution in [1.29, 1.82) is 0 Å². The number of carbonyl (C=O) groups excluding carboxylic acids is 2. The summed E-state index contributed by atoms with van der Waals surface area (Å²) in [5.74, 6) is 1.35. The number of hydrogen-bond acceptors (Lipinski definition) is 5. The number of rotatable bonds is 8. The predicted octanol–water partition coefficient (Wildman–Crippen LogP) is 3.19. The molecule has 1 aliphatic rings. The molecule has 1 saturated heterocycles. The number of carbonyl (C=O) groups is 2. The maximum Gasteiger partial charge on any atom is 0.319 e. The van der Waals surface area contributed by atoms with Gasteiger partial charge in [0.1, 0.15) is 6.04 Å². The number of anilines is 1. The van der Waals surface area contributed by atoms with E-state index < -0.39 is 6.04 Å². The second kappa shape index (κ2) is 11.6. The lowest BCUT2D eigenvalue weighted by molar-refractivity contribution is -0.136. The average Bonchev–Trinajstić information content (AvgIpc) is 2.83. The number of piperazine rings is 1. The van der Waals surface area contributed by atoms with Gasteiger partial charge in [-0.3, -0.25) is 9.69 Å². The zero-order valence-electron chi connectivity index (χ0n) is 19.8. The van der Waals surface area contributed by atoms with Gasteiger partial charge in [0, 0.05) is 38.4 Å². The maximum atomic E-state index is 13.2. The van der Waals surface area contributed by atoms with E-state index in [4.69, 9.17) is 9.47 Å². The minimum Gasteiger partial charge on any atom is -0.493 e. The minimum atomic E-state index is -0.578. The summed E-state index contributed by atoms with van der Waals surface area (Å²) < 4.78 is 10.7. The molecule has 1 unspecified atom stereocenters. The van der Waals surface area contributed by atoms with Crippen LogP contribution >= 0.6 is 0 Å². The van der Waals surface area contributed by atoms with Crippen molar-refractivity contribution >= 4 is 17.6 Å². The van der Waals surface area contributed by atoms with Gasteiger partial charge in [0.15, 0.2) is 11.5 Å². The number of urea groups is 1. The average molecular weight is 455 g/mol. The predicted molar refractivity (Wildman–Crippen MR) is 129 cm³/mol. The van der Waals surface area contributed by atoms with Gasteiger partial charge in [0.25, 0.3) is 0 Å². The third-order valence-corrected chi connectivity index (χ3v) is 5.79. The highest BCUT2D eigenvalue weighted by atomic mass is 16.5. The molecule has 1 heterocycles. The normalized spacial score (nSPS) is 15.1. The molecule has 1 atom stereocenters. The first kappa shape index (κ1) is 24.4. The maximum absolute atomic E-state index is 13.2. The minimum absolute atomic E-state index is 0.0242. The number of para-hydroxylation sites is 1. The summed E-state index contributed by atoms with van der Waals surface area (Å²) >= 11 is 0. The first-order valence-corrected chi connectivity index (χ1v) is 11.3. The molecule has 1 aliphatic heterocycles. The molecule has 0 radical (unpaired) electrons. The van der Waals surface area contributed by atoms with E-state index in [1.807, 2.05) is 67.3 Å². The SMILES string of the molecule is COc1ccc(CN2CCN(C(=O)C(NC(=O)Nc3ccccc3)C(C)C)CC2)cc1OC. The van der Waals surface area contributed by atoms with Crippen molar-refractivity contribution in [3.63, 3.8) is 0 Å². The summed E-state index contributed by atoms with van der Waals surface area (Å²) in [5.41, 5.74) is 1.82. The molecule has 33 heavy (non-hydrogen) atoms. The molecule has 1 fully saturated rings. The molecule has 0 aromatic heterocycles. The monoisotopic (exact) mass is 454 g/mol. The first-order valence-electron chi connectivity index (χ1n) is 11.3. The smallest absolute Gasteiger partial charge is 0.319 e. The number of benzene rings is 2. The third-order valence-electron chi connectivity index (χ3n) is 5.79. The van der Waals surface area contributed by atoms with E-state index in [0.717, 1.165) is 25.2 Å². The summed E-state index contributed by atoms with van der Waals surface area (Å²) in [4.78, 5) is 29.8. The van der Waals surface area contributed by atoms with Crippen LogP contribution in [0, 0.1) is 5.92 Å². The fourth-order valence-corrected chi connectivity index (χ4v) is 3.90. The number of ether oxygens (including phenoxy) is 2. The van der Waals surface area contributed by atoms with E-state index in [2.05, 4.69) is 15.5 Å². The van der Waals surface area contributed by atoms with E-state index >= 15 is 0 Å². The summed E-state index contributed by atoms with van der Waals surface area (Å²) in [6.45, 7) is 7.43. The zero-order valence-corrected chi connectivity index (χ0v) is 19.8. The van der Waals surface area contributed by atoms with E-state index in [-0.39, 0.29) is 17.9 Å². The molecular formula is C25H34N4O4. The van der Waals surface area contributed by atoms with Crippen LogP contribution < -0.4 is 20.1 Å². The summed E-state index contributed by atoms with van der Waals surface area (Å²) in [7, 11) is 3.25. The van der Waals surface area contributed by atoms with Crippen molar-refractivity contribution in [2.75, 3.05) is 45.7 Å². The summed E-state index contributed by atoms with van der Waals surface area (Å²) in [6.07, 6.45) is 0. The second-order valence-electron chi connectivity index (χ2n) is 8.48. The molecule has 8 nitrogen and oxygen atoms in total. The van der Waals surface area contributed by atoms with Crippen LogP contribution in [0.2, 0.25) is 0 Å². The van der Waals surface area contributed by atoms with Crippen LogP contribution in [-0.2, 0) is 11.3 Å². The Hall–Kier alpha value is -3.26. The van der Waals surface area contributed by atoms with Crippen LogP contribution in [-0.4, -0.2) is 68.2 Å². The number of methoxy groups -OCH3 is 2. The molecule has 2 aromatic rings. The Bertz CT molecular complexity index is 927. The number of nitrogens with zero attached hydrogens (tertiary/aromatic N) is 2. The molecule has 3 rings (SSSR count). The van der Waals surface area contributed by atoms with Gasteiger partial charge in [-0.25, -0.2) is 4.79 Å². The summed E-state index contributed by atoms with van der Waals surface area (Å²) in [5, 5.41) is 5.64. The van der Waals surface area contributed by atoms with Crippen molar-refractivity contribution in [1.82, 2.24) is 15.1 Å². The highest BCUT2D eigenvalue weighted by Gasteiger charge is 2.30. The van der Waals surface area contributed by atoms with Crippen LogP contribution in [0.1, 0.15) is 19.4 Å². The number of hydrogen-bond donors (Lipinski definition) is 2. The Morgan fingerprint density at radius 3 is 2.21 bits per heavy atom. The summed E-state index contributed by atoms with van der Waals surface area (Å²) in [6, 6.07) is 14.2. The van der Waals surface area contributed by atoms with Crippen LogP contribution in [0.4, 0.5) is 10.5 Å². The van der Waals surface area contributed by atoms with Crippen molar-refractivity contribution in [2.24, 2.45) is 5.92 Å². The van der Waals surface area contributed by atoms with Gasteiger partial charge >= 0.3 is 6.03 Å². The van der Waals surface area contributed by atoms with Crippen LogP contribution in [0.15, 0.2) is 48.5 Å². The van der Waals surface area contributed by atoms with Gasteiger partial charge in [-0.2, -0.15) is 0 Å². The first-order chi connectivity index (χ1) is 15.9. The number of amides is 3.